The lowest BCUT2D eigenvalue weighted by Crippen LogP contribution is -2.31. The van der Waals surface area contributed by atoms with Gasteiger partial charge < -0.3 is 18.9 Å². The molecule has 0 bridgehead atoms. The Morgan fingerprint density at radius 2 is 1.79 bits per heavy atom. The summed E-state index contributed by atoms with van der Waals surface area (Å²) in [6, 6.07) is 3.98. The van der Waals surface area contributed by atoms with Gasteiger partial charge in [0, 0.05) is 11.9 Å². The number of fused-ring (bicyclic) bond motifs is 1. The molecule has 1 saturated heterocycles. The molecule has 5 nitrogen and oxygen atoms in total. The standard InChI is InChI=1S/C24H36N2O3/c1-27-22-13-11-20-21(25-29-23(20)24(22)28-2)12-10-18-9-6-15-26(16-14-18)17-19-7-4-3-5-8-19/h11,13,18-19H,3-10,12,14-17H2,1-2H3. The first-order valence-corrected chi connectivity index (χ1v) is 11.5. The molecule has 5 heteroatoms. The number of rotatable bonds is 7. The Morgan fingerprint density at radius 1 is 0.966 bits per heavy atom. The number of nitrogens with zero attached hydrogens (tertiary/aromatic N) is 2. The highest BCUT2D eigenvalue weighted by Gasteiger charge is 2.22. The van der Waals surface area contributed by atoms with E-state index in [4.69, 9.17) is 14.0 Å². The summed E-state index contributed by atoms with van der Waals surface area (Å²) in [7, 11) is 3.29. The number of aryl methyl sites for hydroxylation is 1. The molecule has 1 aromatic carbocycles. The largest absolute Gasteiger partial charge is 0.493 e. The van der Waals surface area contributed by atoms with Crippen molar-refractivity contribution in [1.29, 1.82) is 0 Å². The van der Waals surface area contributed by atoms with Crippen LogP contribution in [0.15, 0.2) is 16.7 Å². The van der Waals surface area contributed by atoms with Crippen molar-refractivity contribution >= 4 is 11.0 Å². The van der Waals surface area contributed by atoms with E-state index in [1.165, 1.54) is 77.4 Å². The molecule has 1 atom stereocenters. The van der Waals surface area contributed by atoms with Crippen molar-refractivity contribution in [2.24, 2.45) is 11.8 Å². The van der Waals surface area contributed by atoms with Crippen LogP contribution in [0, 0.1) is 11.8 Å². The van der Waals surface area contributed by atoms with Crippen LogP contribution >= 0.6 is 0 Å². The number of ether oxygens (including phenoxy) is 2. The molecule has 1 saturated carbocycles. The van der Waals surface area contributed by atoms with Crippen molar-refractivity contribution in [2.75, 3.05) is 33.9 Å². The lowest BCUT2D eigenvalue weighted by atomic mass is 9.89. The Hall–Kier alpha value is -1.75. The van der Waals surface area contributed by atoms with Crippen LogP contribution in [-0.2, 0) is 6.42 Å². The topological polar surface area (TPSA) is 47.7 Å². The fourth-order valence-electron chi connectivity index (χ4n) is 5.32. The Balaban J connectivity index is 1.32. The average Bonchev–Trinajstić information content (AvgIpc) is 3.04. The SMILES string of the molecule is COc1ccc2c(CCC3CCCN(CC4CCCCC4)CC3)noc2c1OC. The Kier molecular flexibility index (Phi) is 6.96. The fourth-order valence-corrected chi connectivity index (χ4v) is 5.32. The van der Waals surface area contributed by atoms with Gasteiger partial charge in [0.15, 0.2) is 5.75 Å². The molecule has 4 rings (SSSR count). The van der Waals surface area contributed by atoms with E-state index in [0.29, 0.717) is 17.1 Å². The van der Waals surface area contributed by atoms with Gasteiger partial charge in [0.25, 0.3) is 0 Å². The van der Waals surface area contributed by atoms with Gasteiger partial charge >= 0.3 is 0 Å². The van der Waals surface area contributed by atoms with E-state index in [1.54, 1.807) is 14.2 Å². The first-order valence-electron chi connectivity index (χ1n) is 11.5. The Morgan fingerprint density at radius 3 is 2.59 bits per heavy atom. The number of aromatic nitrogens is 1. The number of benzene rings is 1. The summed E-state index contributed by atoms with van der Waals surface area (Å²) in [4.78, 5) is 2.75. The molecule has 1 aliphatic carbocycles. The van der Waals surface area contributed by atoms with Crippen molar-refractivity contribution < 1.29 is 14.0 Å². The maximum Gasteiger partial charge on any atom is 0.212 e. The zero-order valence-corrected chi connectivity index (χ0v) is 18.1. The summed E-state index contributed by atoms with van der Waals surface area (Å²) in [5, 5.41) is 5.41. The molecule has 2 heterocycles. The second kappa shape index (κ2) is 9.84. The third-order valence-electron chi connectivity index (χ3n) is 7.03. The van der Waals surface area contributed by atoms with E-state index in [9.17, 15) is 0 Å². The van der Waals surface area contributed by atoms with Crippen molar-refractivity contribution in [2.45, 2.75) is 64.2 Å². The van der Waals surface area contributed by atoms with Crippen LogP contribution in [0.1, 0.15) is 63.5 Å². The summed E-state index contributed by atoms with van der Waals surface area (Å²) >= 11 is 0. The predicted molar refractivity (Wildman–Crippen MR) is 116 cm³/mol. The van der Waals surface area contributed by atoms with Crippen molar-refractivity contribution in [1.82, 2.24) is 10.1 Å². The van der Waals surface area contributed by atoms with Crippen LogP contribution < -0.4 is 9.47 Å². The normalized spacial score (nSPS) is 21.9. The highest BCUT2D eigenvalue weighted by molar-refractivity contribution is 5.87. The van der Waals surface area contributed by atoms with E-state index >= 15 is 0 Å². The minimum absolute atomic E-state index is 0.636. The quantitative estimate of drug-likeness (QED) is 0.618. The van der Waals surface area contributed by atoms with Crippen LogP contribution in [-0.4, -0.2) is 43.9 Å². The molecule has 29 heavy (non-hydrogen) atoms. The van der Waals surface area contributed by atoms with Gasteiger partial charge in [0.05, 0.1) is 19.9 Å². The lowest BCUT2D eigenvalue weighted by Gasteiger charge is -2.28. The molecule has 2 aliphatic rings. The van der Waals surface area contributed by atoms with Gasteiger partial charge in [-0.15, -0.1) is 0 Å². The minimum Gasteiger partial charge on any atom is -0.493 e. The average molecular weight is 401 g/mol. The van der Waals surface area contributed by atoms with Gasteiger partial charge in [-0.05, 0) is 82.0 Å². The smallest absolute Gasteiger partial charge is 0.212 e. The molecular weight excluding hydrogens is 364 g/mol. The molecule has 2 fully saturated rings. The van der Waals surface area contributed by atoms with E-state index in [2.05, 4.69) is 10.1 Å². The van der Waals surface area contributed by atoms with Gasteiger partial charge in [0.2, 0.25) is 11.3 Å². The molecule has 0 spiro atoms. The van der Waals surface area contributed by atoms with Crippen LogP contribution in [0.25, 0.3) is 11.0 Å². The summed E-state index contributed by atoms with van der Waals surface area (Å²) in [5.74, 6) is 3.06. The monoisotopic (exact) mass is 400 g/mol. The van der Waals surface area contributed by atoms with Crippen molar-refractivity contribution in [3.05, 3.63) is 17.8 Å². The van der Waals surface area contributed by atoms with Gasteiger partial charge in [-0.3, -0.25) is 0 Å². The lowest BCUT2D eigenvalue weighted by molar-refractivity contribution is 0.204. The highest BCUT2D eigenvalue weighted by atomic mass is 16.5. The zero-order chi connectivity index (χ0) is 20.1. The maximum atomic E-state index is 5.62. The van der Waals surface area contributed by atoms with Crippen LogP contribution in [0.3, 0.4) is 0 Å². The second-order valence-electron chi connectivity index (χ2n) is 8.95. The summed E-state index contributed by atoms with van der Waals surface area (Å²) in [5.41, 5.74) is 1.74. The first-order chi connectivity index (χ1) is 14.3. The molecule has 160 valence electrons. The molecule has 0 amide bonds. The third kappa shape index (κ3) is 4.88. The van der Waals surface area contributed by atoms with Crippen LogP contribution in [0.2, 0.25) is 0 Å². The fraction of sp³-hybridized carbons (Fsp3) is 0.708. The van der Waals surface area contributed by atoms with E-state index in [-0.39, 0.29) is 0 Å². The van der Waals surface area contributed by atoms with Crippen LogP contribution in [0.5, 0.6) is 11.5 Å². The summed E-state index contributed by atoms with van der Waals surface area (Å²) in [6.07, 6.45) is 13.4. The number of hydrogen-bond acceptors (Lipinski definition) is 5. The number of methoxy groups -OCH3 is 2. The van der Waals surface area contributed by atoms with E-state index in [0.717, 1.165) is 29.3 Å². The molecule has 1 unspecified atom stereocenters. The highest BCUT2D eigenvalue weighted by Crippen LogP contribution is 2.37. The molecule has 2 aromatic rings. The second-order valence-corrected chi connectivity index (χ2v) is 8.95. The molecule has 1 aliphatic heterocycles. The summed E-state index contributed by atoms with van der Waals surface area (Å²) in [6.45, 7) is 3.89. The maximum absolute atomic E-state index is 5.62. The Labute approximate surface area is 174 Å². The van der Waals surface area contributed by atoms with E-state index in [1.807, 2.05) is 12.1 Å². The van der Waals surface area contributed by atoms with Gasteiger partial charge in [-0.1, -0.05) is 24.4 Å². The minimum atomic E-state index is 0.636. The zero-order valence-electron chi connectivity index (χ0n) is 18.1. The third-order valence-corrected chi connectivity index (χ3v) is 7.03. The first kappa shape index (κ1) is 20.5. The van der Waals surface area contributed by atoms with Crippen molar-refractivity contribution in [3.63, 3.8) is 0 Å². The van der Waals surface area contributed by atoms with Gasteiger partial charge in [-0.25, -0.2) is 0 Å². The van der Waals surface area contributed by atoms with Crippen molar-refractivity contribution in [3.8, 4) is 11.5 Å². The predicted octanol–water partition coefficient (Wildman–Crippen LogP) is 5.46. The Bertz CT molecular complexity index is 782. The van der Waals surface area contributed by atoms with Gasteiger partial charge in [-0.2, -0.15) is 0 Å². The molecule has 0 N–H and O–H groups in total. The van der Waals surface area contributed by atoms with Crippen LogP contribution in [0.4, 0.5) is 0 Å². The number of likely N-dealkylation sites (tertiary alicyclic amines) is 1. The number of hydrogen-bond donors (Lipinski definition) is 0. The molecular formula is C24H36N2O3. The molecule has 1 aromatic heterocycles. The van der Waals surface area contributed by atoms with E-state index < -0.39 is 0 Å². The molecule has 0 radical (unpaired) electrons. The van der Waals surface area contributed by atoms with Gasteiger partial charge in [0.1, 0.15) is 0 Å². The summed E-state index contributed by atoms with van der Waals surface area (Å²) < 4.78 is 16.5.